The van der Waals surface area contributed by atoms with Gasteiger partial charge in [0.25, 0.3) is 5.91 Å². The van der Waals surface area contributed by atoms with Gasteiger partial charge in [-0.3, -0.25) is 4.79 Å². The fourth-order valence-corrected chi connectivity index (χ4v) is 2.42. The molecule has 2 rings (SSSR count). The van der Waals surface area contributed by atoms with Crippen molar-refractivity contribution in [2.75, 3.05) is 0 Å². The third kappa shape index (κ3) is 3.76. The van der Waals surface area contributed by atoms with Gasteiger partial charge in [-0.05, 0) is 26.0 Å². The van der Waals surface area contributed by atoms with E-state index in [1.165, 1.54) is 0 Å². The van der Waals surface area contributed by atoms with Crippen LogP contribution < -0.4 is 5.32 Å². The van der Waals surface area contributed by atoms with Crippen molar-refractivity contribution in [3.63, 3.8) is 0 Å². The van der Waals surface area contributed by atoms with E-state index in [4.69, 9.17) is 5.11 Å². The summed E-state index contributed by atoms with van der Waals surface area (Å²) in [6.45, 7) is 3.26. The van der Waals surface area contributed by atoms with Gasteiger partial charge in [0.15, 0.2) is 0 Å². The Balaban J connectivity index is 2.30. The van der Waals surface area contributed by atoms with E-state index in [0.29, 0.717) is 11.4 Å². The Morgan fingerprint density at radius 3 is 2.42 bits per heavy atom. The Bertz CT molecular complexity index is 745. The fraction of sp³-hybridized carbons (Fsp3) is 0.312. The van der Waals surface area contributed by atoms with Crippen molar-refractivity contribution in [2.45, 2.75) is 32.7 Å². The van der Waals surface area contributed by atoms with Crippen molar-refractivity contribution < 1.29 is 23.5 Å². The summed E-state index contributed by atoms with van der Waals surface area (Å²) >= 11 is 0. The number of rotatable bonds is 6. The summed E-state index contributed by atoms with van der Waals surface area (Å²) in [6, 6.07) is 7.42. The number of aryl methyl sites for hydroxylation is 1. The molecular formula is C16H17F2N3O3. The predicted molar refractivity (Wildman–Crippen MR) is 82.5 cm³/mol. The van der Waals surface area contributed by atoms with Gasteiger partial charge in [-0.2, -0.15) is 5.10 Å². The number of hydrogen-bond acceptors (Lipinski definition) is 3. The van der Waals surface area contributed by atoms with Crippen LogP contribution in [0.15, 0.2) is 30.3 Å². The number of aliphatic carboxylic acids is 1. The van der Waals surface area contributed by atoms with E-state index in [9.17, 15) is 18.4 Å². The second kappa shape index (κ2) is 7.20. The van der Waals surface area contributed by atoms with E-state index in [1.54, 1.807) is 30.7 Å². The number of para-hydroxylation sites is 1. The van der Waals surface area contributed by atoms with Gasteiger partial charge >= 0.3 is 5.97 Å². The molecule has 0 aliphatic carbocycles. The fourth-order valence-electron chi connectivity index (χ4n) is 2.42. The summed E-state index contributed by atoms with van der Waals surface area (Å²) in [7, 11) is 0. The smallest absolute Gasteiger partial charge is 0.326 e. The molecule has 1 aromatic carbocycles. The third-order valence-corrected chi connectivity index (χ3v) is 3.54. The van der Waals surface area contributed by atoms with Gasteiger partial charge in [0, 0.05) is 6.42 Å². The number of hydrogen-bond donors (Lipinski definition) is 2. The summed E-state index contributed by atoms with van der Waals surface area (Å²) in [4.78, 5) is 23.4. The Kier molecular flexibility index (Phi) is 5.28. The first-order chi connectivity index (χ1) is 11.3. The zero-order valence-electron chi connectivity index (χ0n) is 13.2. The molecule has 0 saturated carbocycles. The molecule has 1 aromatic heterocycles. The Morgan fingerprint density at radius 1 is 1.25 bits per heavy atom. The molecule has 2 N–H and O–H groups in total. The van der Waals surface area contributed by atoms with E-state index >= 15 is 0 Å². The van der Waals surface area contributed by atoms with E-state index < -0.39 is 30.8 Å². The lowest BCUT2D eigenvalue weighted by Crippen LogP contribution is -2.42. The first-order valence-corrected chi connectivity index (χ1v) is 7.24. The summed E-state index contributed by atoms with van der Waals surface area (Å²) in [5, 5.41) is 15.4. The minimum absolute atomic E-state index is 0.180. The molecule has 0 spiro atoms. The highest BCUT2D eigenvalue weighted by atomic mass is 19.3. The average Bonchev–Trinajstić information content (AvgIpc) is 2.81. The number of carboxylic acid groups (broad SMARTS) is 1. The van der Waals surface area contributed by atoms with Crippen molar-refractivity contribution in [3.05, 3.63) is 47.3 Å². The molecule has 1 heterocycles. The lowest BCUT2D eigenvalue weighted by atomic mass is 10.1. The molecule has 1 amide bonds. The van der Waals surface area contributed by atoms with E-state index in [1.807, 2.05) is 18.2 Å². The van der Waals surface area contributed by atoms with Crippen LogP contribution in [0, 0.1) is 13.8 Å². The number of benzene rings is 1. The van der Waals surface area contributed by atoms with Crippen LogP contribution in [0.25, 0.3) is 5.69 Å². The summed E-state index contributed by atoms with van der Waals surface area (Å²) in [5.41, 5.74) is 1.80. The molecule has 1 atom stereocenters. The summed E-state index contributed by atoms with van der Waals surface area (Å²) in [6.07, 6.45) is -3.79. The lowest BCUT2D eigenvalue weighted by Gasteiger charge is -2.14. The van der Waals surface area contributed by atoms with Crippen LogP contribution in [-0.2, 0) is 4.79 Å². The van der Waals surface area contributed by atoms with Crippen LogP contribution in [0.2, 0.25) is 0 Å². The molecule has 0 aliphatic heterocycles. The number of alkyl halides is 2. The number of carbonyl (C=O) groups is 2. The van der Waals surface area contributed by atoms with Gasteiger partial charge in [-0.1, -0.05) is 18.2 Å². The maximum atomic E-state index is 12.5. The maximum Gasteiger partial charge on any atom is 0.326 e. The number of nitrogens with one attached hydrogen (secondary N) is 1. The Morgan fingerprint density at radius 2 is 1.88 bits per heavy atom. The first-order valence-electron chi connectivity index (χ1n) is 7.24. The molecule has 24 heavy (non-hydrogen) atoms. The van der Waals surface area contributed by atoms with Gasteiger partial charge in [0.2, 0.25) is 6.43 Å². The van der Waals surface area contributed by atoms with Gasteiger partial charge in [0.05, 0.1) is 22.6 Å². The number of nitrogens with zero attached hydrogens (tertiary/aromatic N) is 2. The molecule has 128 valence electrons. The van der Waals surface area contributed by atoms with Crippen LogP contribution in [-0.4, -0.2) is 39.2 Å². The molecule has 2 aromatic rings. The Labute approximate surface area is 137 Å². The van der Waals surface area contributed by atoms with E-state index in [-0.39, 0.29) is 5.56 Å². The molecule has 0 fully saturated rings. The lowest BCUT2D eigenvalue weighted by molar-refractivity contribution is -0.140. The third-order valence-electron chi connectivity index (χ3n) is 3.54. The topological polar surface area (TPSA) is 84.2 Å². The van der Waals surface area contributed by atoms with Gasteiger partial charge < -0.3 is 10.4 Å². The van der Waals surface area contributed by atoms with Gasteiger partial charge in [-0.15, -0.1) is 0 Å². The average molecular weight is 337 g/mol. The molecule has 0 bridgehead atoms. The molecule has 0 saturated heterocycles. The number of carboxylic acids is 1. The van der Waals surface area contributed by atoms with Crippen molar-refractivity contribution in [2.24, 2.45) is 0 Å². The van der Waals surface area contributed by atoms with E-state index in [2.05, 4.69) is 10.4 Å². The largest absolute Gasteiger partial charge is 0.480 e. The highest BCUT2D eigenvalue weighted by Crippen LogP contribution is 2.18. The SMILES string of the molecule is Cc1nn(-c2ccccc2)c(C)c1C(=O)NC(CC(F)F)C(=O)O. The van der Waals surface area contributed by atoms with Crippen LogP contribution in [0.4, 0.5) is 8.78 Å². The molecule has 0 aliphatic rings. The molecule has 0 radical (unpaired) electrons. The van der Waals surface area contributed by atoms with Gasteiger partial charge in [0.1, 0.15) is 6.04 Å². The first kappa shape index (κ1) is 17.6. The quantitative estimate of drug-likeness (QED) is 0.847. The highest BCUT2D eigenvalue weighted by molar-refractivity contribution is 5.98. The second-order valence-corrected chi connectivity index (χ2v) is 5.28. The second-order valence-electron chi connectivity index (χ2n) is 5.28. The van der Waals surface area contributed by atoms with Crippen LogP contribution in [0.3, 0.4) is 0 Å². The monoisotopic (exact) mass is 337 g/mol. The van der Waals surface area contributed by atoms with Gasteiger partial charge in [-0.25, -0.2) is 18.3 Å². The number of carbonyl (C=O) groups excluding carboxylic acids is 1. The van der Waals surface area contributed by atoms with Crippen molar-refractivity contribution >= 4 is 11.9 Å². The molecular weight excluding hydrogens is 320 g/mol. The normalized spacial score (nSPS) is 12.2. The molecule has 6 nitrogen and oxygen atoms in total. The number of amides is 1. The van der Waals surface area contributed by atoms with Crippen molar-refractivity contribution in [3.8, 4) is 5.69 Å². The van der Waals surface area contributed by atoms with Crippen LogP contribution >= 0.6 is 0 Å². The van der Waals surface area contributed by atoms with E-state index in [0.717, 1.165) is 5.69 Å². The minimum Gasteiger partial charge on any atom is -0.480 e. The maximum absolute atomic E-state index is 12.5. The number of halogens is 2. The van der Waals surface area contributed by atoms with Crippen LogP contribution in [0.5, 0.6) is 0 Å². The van der Waals surface area contributed by atoms with Crippen LogP contribution in [0.1, 0.15) is 28.2 Å². The Hall–Kier alpha value is -2.77. The zero-order valence-corrected chi connectivity index (χ0v) is 13.2. The van der Waals surface area contributed by atoms with Crippen molar-refractivity contribution in [1.29, 1.82) is 0 Å². The standard InChI is InChI=1S/C16H17F2N3O3/c1-9-14(15(22)19-12(16(23)24)8-13(17)18)10(2)21(20-9)11-6-4-3-5-7-11/h3-7,12-13H,8H2,1-2H3,(H,19,22)(H,23,24). The van der Waals surface area contributed by atoms with Crippen molar-refractivity contribution in [1.82, 2.24) is 15.1 Å². The summed E-state index contributed by atoms with van der Waals surface area (Å²) < 4.78 is 26.5. The number of aromatic nitrogens is 2. The zero-order chi connectivity index (χ0) is 17.9. The predicted octanol–water partition coefficient (Wildman–Crippen LogP) is 2.33. The summed E-state index contributed by atoms with van der Waals surface area (Å²) in [5.74, 6) is -2.24. The molecule has 1 unspecified atom stereocenters. The molecule has 8 heteroatoms. The highest BCUT2D eigenvalue weighted by Gasteiger charge is 2.27. The minimum atomic E-state index is -2.83.